The van der Waals surface area contributed by atoms with Crippen molar-refractivity contribution in [2.24, 2.45) is 5.92 Å². The van der Waals surface area contributed by atoms with E-state index in [1.165, 1.54) is 6.07 Å². The van der Waals surface area contributed by atoms with Crippen LogP contribution in [0.1, 0.15) is 13.8 Å². The van der Waals surface area contributed by atoms with Crippen LogP contribution in [0, 0.1) is 11.7 Å². The third kappa shape index (κ3) is 2.72. The van der Waals surface area contributed by atoms with E-state index < -0.39 is 0 Å². The van der Waals surface area contributed by atoms with Crippen LogP contribution in [0.3, 0.4) is 0 Å². The van der Waals surface area contributed by atoms with Crippen LogP contribution in [0.2, 0.25) is 0 Å². The molecule has 17 heavy (non-hydrogen) atoms. The average Bonchev–Trinajstić information content (AvgIpc) is 2.69. The summed E-state index contributed by atoms with van der Waals surface area (Å²) in [5.41, 5.74) is 0.858. The number of rotatable bonds is 3. The summed E-state index contributed by atoms with van der Waals surface area (Å²) >= 11 is 3.17. The monoisotopic (exact) mass is 297 g/mol. The molecule has 0 radical (unpaired) electrons. The fourth-order valence-electron chi connectivity index (χ4n) is 1.64. The van der Waals surface area contributed by atoms with E-state index in [0.717, 1.165) is 17.9 Å². The minimum absolute atomic E-state index is 0.274. The minimum Gasteiger partial charge on any atom is -0.313 e. The summed E-state index contributed by atoms with van der Waals surface area (Å²) in [4.78, 5) is 0. The van der Waals surface area contributed by atoms with Crippen molar-refractivity contribution in [1.29, 1.82) is 0 Å². The summed E-state index contributed by atoms with van der Waals surface area (Å²) in [6.07, 6.45) is 1.70. The Bertz CT molecular complexity index is 522. The van der Waals surface area contributed by atoms with Crippen LogP contribution in [0.25, 0.3) is 11.4 Å². The van der Waals surface area contributed by atoms with E-state index in [1.807, 2.05) is 4.57 Å². The molecular formula is C12H13BrFN3. The van der Waals surface area contributed by atoms with Gasteiger partial charge in [0, 0.05) is 12.1 Å². The predicted octanol–water partition coefficient (Wildman–Crippen LogP) is 3.50. The van der Waals surface area contributed by atoms with Crippen LogP contribution < -0.4 is 0 Å². The zero-order valence-electron chi connectivity index (χ0n) is 9.69. The molecule has 0 unspecified atom stereocenters. The molecule has 2 rings (SSSR count). The van der Waals surface area contributed by atoms with Crippen LogP contribution in [0.4, 0.5) is 4.39 Å². The normalized spacial score (nSPS) is 11.1. The smallest absolute Gasteiger partial charge is 0.163 e. The highest BCUT2D eigenvalue weighted by Gasteiger charge is 2.10. The van der Waals surface area contributed by atoms with Crippen molar-refractivity contribution in [2.45, 2.75) is 20.4 Å². The first kappa shape index (κ1) is 12.2. The number of hydrogen-bond acceptors (Lipinski definition) is 2. The SMILES string of the molecule is CC(C)Cn1cnnc1-c1ccc(F)c(Br)c1. The Kier molecular flexibility index (Phi) is 3.57. The molecule has 1 aromatic heterocycles. The second-order valence-electron chi connectivity index (χ2n) is 4.33. The van der Waals surface area contributed by atoms with Gasteiger partial charge < -0.3 is 4.57 Å². The average molecular weight is 298 g/mol. The highest BCUT2D eigenvalue weighted by molar-refractivity contribution is 9.10. The van der Waals surface area contributed by atoms with Crippen molar-refractivity contribution < 1.29 is 4.39 Å². The Morgan fingerprint density at radius 3 is 2.82 bits per heavy atom. The molecule has 0 atom stereocenters. The largest absolute Gasteiger partial charge is 0.313 e. The van der Waals surface area contributed by atoms with Crippen molar-refractivity contribution in [3.63, 3.8) is 0 Å². The summed E-state index contributed by atoms with van der Waals surface area (Å²) in [6.45, 7) is 5.10. The highest BCUT2D eigenvalue weighted by Crippen LogP contribution is 2.24. The Morgan fingerprint density at radius 2 is 2.18 bits per heavy atom. The van der Waals surface area contributed by atoms with Gasteiger partial charge in [0.05, 0.1) is 4.47 Å². The van der Waals surface area contributed by atoms with Gasteiger partial charge in [0.25, 0.3) is 0 Å². The third-order valence-electron chi connectivity index (χ3n) is 2.36. The van der Waals surface area contributed by atoms with E-state index in [4.69, 9.17) is 0 Å². The second-order valence-corrected chi connectivity index (χ2v) is 5.18. The number of hydrogen-bond donors (Lipinski definition) is 0. The van der Waals surface area contributed by atoms with E-state index in [1.54, 1.807) is 18.5 Å². The van der Waals surface area contributed by atoms with Crippen molar-refractivity contribution in [3.8, 4) is 11.4 Å². The molecule has 0 amide bonds. The molecule has 0 aliphatic heterocycles. The quantitative estimate of drug-likeness (QED) is 0.868. The Balaban J connectivity index is 2.39. The Morgan fingerprint density at radius 1 is 1.41 bits per heavy atom. The molecule has 1 aromatic carbocycles. The first-order chi connectivity index (χ1) is 8.08. The summed E-state index contributed by atoms with van der Waals surface area (Å²) in [6, 6.07) is 4.85. The Hall–Kier alpha value is -1.23. The van der Waals surface area contributed by atoms with E-state index in [2.05, 4.69) is 40.0 Å². The van der Waals surface area contributed by atoms with Crippen LogP contribution in [-0.4, -0.2) is 14.8 Å². The molecule has 5 heteroatoms. The molecule has 0 fully saturated rings. The predicted molar refractivity (Wildman–Crippen MR) is 68.0 cm³/mol. The molecule has 1 heterocycles. The molecule has 0 spiro atoms. The summed E-state index contributed by atoms with van der Waals surface area (Å²) < 4.78 is 15.6. The van der Waals surface area contributed by atoms with E-state index in [9.17, 15) is 4.39 Å². The van der Waals surface area contributed by atoms with Gasteiger partial charge in [-0.05, 0) is 40.0 Å². The lowest BCUT2D eigenvalue weighted by Crippen LogP contribution is -2.05. The van der Waals surface area contributed by atoms with E-state index in [-0.39, 0.29) is 5.82 Å². The first-order valence-corrected chi connectivity index (χ1v) is 6.20. The molecule has 0 aliphatic rings. The lowest BCUT2D eigenvalue weighted by molar-refractivity contribution is 0.525. The molecule has 0 saturated carbocycles. The standard InChI is InChI=1S/C12H13BrFN3/c1-8(2)6-17-7-15-16-12(17)9-3-4-11(14)10(13)5-9/h3-5,7-8H,6H2,1-2H3. The molecular weight excluding hydrogens is 285 g/mol. The van der Waals surface area contributed by atoms with Crippen LogP contribution >= 0.6 is 15.9 Å². The maximum Gasteiger partial charge on any atom is 0.163 e. The van der Waals surface area contributed by atoms with Gasteiger partial charge >= 0.3 is 0 Å². The van der Waals surface area contributed by atoms with Gasteiger partial charge in [-0.1, -0.05) is 13.8 Å². The molecule has 0 N–H and O–H groups in total. The maximum atomic E-state index is 13.2. The molecule has 90 valence electrons. The molecule has 0 bridgehead atoms. The fourth-order valence-corrected chi connectivity index (χ4v) is 2.02. The van der Waals surface area contributed by atoms with Gasteiger partial charge in [0.1, 0.15) is 12.1 Å². The highest BCUT2D eigenvalue weighted by atomic mass is 79.9. The van der Waals surface area contributed by atoms with E-state index in [0.29, 0.717) is 10.4 Å². The summed E-state index contributed by atoms with van der Waals surface area (Å²) in [5, 5.41) is 7.99. The minimum atomic E-state index is -0.274. The number of nitrogens with zero attached hydrogens (tertiary/aromatic N) is 3. The van der Waals surface area contributed by atoms with Crippen molar-refractivity contribution >= 4 is 15.9 Å². The molecule has 0 saturated heterocycles. The van der Waals surface area contributed by atoms with Gasteiger partial charge in [-0.15, -0.1) is 10.2 Å². The summed E-state index contributed by atoms with van der Waals surface area (Å²) in [5.74, 6) is 0.997. The second kappa shape index (κ2) is 4.96. The van der Waals surface area contributed by atoms with Gasteiger partial charge in [-0.3, -0.25) is 0 Å². The zero-order valence-corrected chi connectivity index (χ0v) is 11.3. The van der Waals surface area contributed by atoms with Gasteiger partial charge in [0.15, 0.2) is 5.82 Å². The zero-order chi connectivity index (χ0) is 12.4. The lowest BCUT2D eigenvalue weighted by atomic mass is 10.2. The third-order valence-corrected chi connectivity index (χ3v) is 2.96. The van der Waals surface area contributed by atoms with E-state index >= 15 is 0 Å². The van der Waals surface area contributed by atoms with Crippen molar-refractivity contribution in [1.82, 2.24) is 14.8 Å². The number of benzene rings is 1. The van der Waals surface area contributed by atoms with Crippen molar-refractivity contribution in [3.05, 3.63) is 34.8 Å². The number of halogens is 2. The Labute approximate surface area is 108 Å². The fraction of sp³-hybridized carbons (Fsp3) is 0.333. The molecule has 0 aliphatic carbocycles. The summed E-state index contributed by atoms with van der Waals surface area (Å²) in [7, 11) is 0. The topological polar surface area (TPSA) is 30.7 Å². The number of aromatic nitrogens is 3. The van der Waals surface area contributed by atoms with Crippen LogP contribution in [0.15, 0.2) is 29.0 Å². The van der Waals surface area contributed by atoms with Gasteiger partial charge in [0.2, 0.25) is 0 Å². The van der Waals surface area contributed by atoms with Crippen LogP contribution in [-0.2, 0) is 6.54 Å². The van der Waals surface area contributed by atoms with Crippen molar-refractivity contribution in [2.75, 3.05) is 0 Å². The molecule has 2 aromatic rings. The lowest BCUT2D eigenvalue weighted by Gasteiger charge is -2.09. The van der Waals surface area contributed by atoms with Gasteiger partial charge in [-0.25, -0.2) is 4.39 Å². The first-order valence-electron chi connectivity index (χ1n) is 5.41. The van der Waals surface area contributed by atoms with Crippen LogP contribution in [0.5, 0.6) is 0 Å². The maximum absolute atomic E-state index is 13.2. The van der Waals surface area contributed by atoms with Gasteiger partial charge in [-0.2, -0.15) is 0 Å². The molecule has 3 nitrogen and oxygen atoms in total.